The molecule has 2 N–H and O–H groups in total. The molecule has 0 bridgehead atoms. The minimum Gasteiger partial charge on any atom is -0.457 e. The maximum atomic E-state index is 13.1. The molecule has 1 aromatic heterocycles. The first-order valence-electron chi connectivity index (χ1n) is 12.5. The van der Waals surface area contributed by atoms with Gasteiger partial charge in [-0.15, -0.1) is 11.8 Å². The maximum Gasteiger partial charge on any atom is 0.410 e. The van der Waals surface area contributed by atoms with Gasteiger partial charge >= 0.3 is 12.1 Å². The molecule has 11 heteroatoms. The van der Waals surface area contributed by atoms with Crippen LogP contribution >= 0.6 is 11.8 Å². The van der Waals surface area contributed by atoms with Gasteiger partial charge in [0.2, 0.25) is 5.91 Å². The normalized spacial score (nSPS) is 27.9. The highest BCUT2D eigenvalue weighted by atomic mass is 32.2. The lowest BCUT2D eigenvalue weighted by atomic mass is 9.79. The molecule has 10 nitrogen and oxygen atoms in total. The molecular weight excluding hydrogens is 510 g/mol. The number of ether oxygens (including phenoxy) is 2. The van der Waals surface area contributed by atoms with Crippen molar-refractivity contribution in [3.63, 3.8) is 0 Å². The number of likely N-dealkylation sites (tertiary alicyclic amines) is 1. The summed E-state index contributed by atoms with van der Waals surface area (Å²) in [5, 5.41) is 21.1. The number of carbonyl (C=O) groups is 3. The molecule has 1 aromatic rings. The second-order valence-corrected chi connectivity index (χ2v) is 11.0. The number of rotatable bonds is 10. The van der Waals surface area contributed by atoms with E-state index < -0.39 is 36.2 Å². The summed E-state index contributed by atoms with van der Waals surface area (Å²) in [7, 11) is 0. The van der Waals surface area contributed by atoms with Crippen molar-refractivity contribution in [3.8, 4) is 0 Å². The minimum atomic E-state index is -1.05. The first-order valence-corrected chi connectivity index (χ1v) is 13.4. The molecule has 38 heavy (non-hydrogen) atoms. The summed E-state index contributed by atoms with van der Waals surface area (Å²) < 4.78 is 10.6. The maximum absolute atomic E-state index is 13.1. The van der Waals surface area contributed by atoms with Gasteiger partial charge in [-0.25, -0.2) is 9.59 Å². The molecule has 2 saturated heterocycles. The first kappa shape index (κ1) is 27.9. The van der Waals surface area contributed by atoms with E-state index >= 15 is 0 Å². The van der Waals surface area contributed by atoms with Gasteiger partial charge < -0.3 is 29.5 Å². The van der Waals surface area contributed by atoms with Crippen LogP contribution in [-0.2, 0) is 19.1 Å². The number of nitrogens with zero attached hydrogens (tertiary/aromatic N) is 3. The molecule has 3 aliphatic rings. The smallest absolute Gasteiger partial charge is 0.410 e. The van der Waals surface area contributed by atoms with Gasteiger partial charge in [0, 0.05) is 28.8 Å². The van der Waals surface area contributed by atoms with E-state index in [-0.39, 0.29) is 48.6 Å². The number of hydrogen-bond acceptors (Lipinski definition) is 9. The summed E-state index contributed by atoms with van der Waals surface area (Å²) in [5.74, 6) is -1.80. The van der Waals surface area contributed by atoms with Crippen LogP contribution in [0.2, 0.25) is 0 Å². The first-order chi connectivity index (χ1) is 18.2. The Morgan fingerprint density at radius 2 is 1.95 bits per heavy atom. The molecule has 2 fully saturated rings. The quantitative estimate of drug-likeness (QED) is 0.260. The fraction of sp³-hybridized carbons (Fsp3) is 0.481. The molecule has 0 saturated carbocycles. The Balaban J connectivity index is 1.62. The van der Waals surface area contributed by atoms with Crippen molar-refractivity contribution in [1.82, 2.24) is 14.8 Å². The van der Waals surface area contributed by atoms with E-state index in [9.17, 15) is 24.6 Å². The summed E-state index contributed by atoms with van der Waals surface area (Å²) in [6.45, 7) is 10.9. The van der Waals surface area contributed by atoms with E-state index in [2.05, 4.69) is 18.1 Å². The number of hydrogen-bond donors (Lipinski definition) is 2. The minimum absolute atomic E-state index is 0.00805. The van der Waals surface area contributed by atoms with Crippen molar-refractivity contribution in [1.29, 1.82) is 0 Å². The van der Waals surface area contributed by atoms with Gasteiger partial charge in [0.1, 0.15) is 25.0 Å². The Bertz CT molecular complexity index is 1120. The number of aliphatic hydroxyl groups excluding tert-OH is 2. The summed E-state index contributed by atoms with van der Waals surface area (Å²) in [6, 6.07) is 4.23. The highest BCUT2D eigenvalue weighted by molar-refractivity contribution is 8.03. The van der Waals surface area contributed by atoms with Crippen molar-refractivity contribution in [2.45, 2.75) is 49.8 Å². The van der Waals surface area contributed by atoms with Crippen LogP contribution in [0.4, 0.5) is 4.79 Å². The van der Waals surface area contributed by atoms with E-state index in [1.807, 2.05) is 6.92 Å². The van der Waals surface area contributed by atoms with Crippen LogP contribution < -0.4 is 0 Å². The molecule has 0 aliphatic carbocycles. The summed E-state index contributed by atoms with van der Waals surface area (Å²) in [4.78, 5) is 46.7. The van der Waals surface area contributed by atoms with Crippen LogP contribution in [0.15, 0.2) is 60.3 Å². The lowest BCUT2D eigenvalue weighted by Crippen LogP contribution is -2.63. The standard InChI is InChI=1S/C27H33N3O7S/c1-5-11-36-26(34)22-24(15(3)21-20(16(4)31)25(33)30(21)22)38-17-13-19(23(32)18-9-7-8-10-28-18)29(14-17)27(35)37-12-6-2/h5-10,15-17,19-21,23,31-32H,1-2,11-14H2,3-4H3/t15-,16-,17+,19+,20-,21-,23?/m1/s1. The van der Waals surface area contributed by atoms with Crippen LogP contribution in [0.1, 0.15) is 32.1 Å². The van der Waals surface area contributed by atoms with Crippen molar-refractivity contribution < 1.29 is 34.1 Å². The van der Waals surface area contributed by atoms with Gasteiger partial charge in [0.25, 0.3) is 0 Å². The average molecular weight is 544 g/mol. The highest BCUT2D eigenvalue weighted by Gasteiger charge is 2.60. The van der Waals surface area contributed by atoms with Crippen LogP contribution in [0, 0.1) is 11.8 Å². The van der Waals surface area contributed by atoms with Crippen molar-refractivity contribution >= 4 is 29.7 Å². The van der Waals surface area contributed by atoms with Gasteiger partial charge in [-0.3, -0.25) is 9.78 Å². The zero-order chi connectivity index (χ0) is 27.6. The Hall–Kier alpha value is -3.15. The molecule has 4 heterocycles. The number of thioether (sulfide) groups is 1. The highest BCUT2D eigenvalue weighted by Crippen LogP contribution is 2.52. The SMILES string of the molecule is C=CCOC(=O)C1=C(S[C@H]2C[C@@H](C(O)c3ccccn3)N(C(=O)OCC=C)C2)[C@H](C)[C@@H]2[C@@H]([C@@H](C)O)C(=O)N12. The van der Waals surface area contributed by atoms with Gasteiger partial charge in [0.15, 0.2) is 0 Å². The summed E-state index contributed by atoms with van der Waals surface area (Å²) in [5.41, 5.74) is 0.604. The fourth-order valence-corrected chi connectivity index (χ4v) is 6.97. The topological polar surface area (TPSA) is 130 Å². The summed E-state index contributed by atoms with van der Waals surface area (Å²) in [6.07, 6.45) is 2.40. The van der Waals surface area contributed by atoms with Crippen LogP contribution in [0.5, 0.6) is 0 Å². The molecule has 0 aromatic carbocycles. The molecule has 1 unspecified atom stereocenters. The molecular formula is C27H33N3O7S. The van der Waals surface area contributed by atoms with Gasteiger partial charge in [-0.1, -0.05) is 38.3 Å². The Morgan fingerprint density at radius 1 is 1.24 bits per heavy atom. The molecule has 0 radical (unpaired) electrons. The Labute approximate surface area is 226 Å². The number of pyridine rings is 1. The zero-order valence-corrected chi connectivity index (χ0v) is 22.3. The van der Waals surface area contributed by atoms with E-state index in [4.69, 9.17) is 9.47 Å². The number of β-lactam (4-membered cyclic amide) rings is 1. The zero-order valence-electron chi connectivity index (χ0n) is 21.4. The fourth-order valence-electron chi connectivity index (χ4n) is 5.43. The molecule has 7 atom stereocenters. The summed E-state index contributed by atoms with van der Waals surface area (Å²) >= 11 is 1.39. The number of aromatic nitrogens is 1. The monoisotopic (exact) mass is 543 g/mol. The lowest BCUT2D eigenvalue weighted by Gasteiger charge is -2.46. The van der Waals surface area contributed by atoms with E-state index in [1.165, 1.54) is 33.7 Å². The van der Waals surface area contributed by atoms with Gasteiger partial charge in [-0.05, 0) is 25.5 Å². The number of aliphatic hydroxyl groups is 2. The van der Waals surface area contributed by atoms with Crippen LogP contribution in [0.25, 0.3) is 0 Å². The third-order valence-corrected chi connectivity index (χ3v) is 8.64. The lowest BCUT2D eigenvalue weighted by molar-refractivity contribution is -0.164. The molecule has 0 spiro atoms. The second-order valence-electron chi connectivity index (χ2n) is 9.61. The largest absolute Gasteiger partial charge is 0.457 e. The molecule has 4 rings (SSSR count). The van der Waals surface area contributed by atoms with Gasteiger partial charge in [-0.2, -0.15) is 0 Å². The predicted octanol–water partition coefficient (Wildman–Crippen LogP) is 2.41. The van der Waals surface area contributed by atoms with E-state index in [0.717, 1.165) is 0 Å². The Kier molecular flexibility index (Phi) is 8.59. The van der Waals surface area contributed by atoms with Crippen molar-refractivity contribution in [2.24, 2.45) is 11.8 Å². The Morgan fingerprint density at radius 3 is 2.58 bits per heavy atom. The number of esters is 1. The van der Waals surface area contributed by atoms with E-state index in [1.54, 1.807) is 31.3 Å². The third kappa shape index (κ3) is 5.10. The number of carbonyl (C=O) groups excluding carboxylic acids is 3. The van der Waals surface area contributed by atoms with Crippen molar-refractivity contribution in [3.05, 3.63) is 66.0 Å². The van der Waals surface area contributed by atoms with Crippen LogP contribution in [0.3, 0.4) is 0 Å². The van der Waals surface area contributed by atoms with Crippen LogP contribution in [-0.4, -0.2) is 86.2 Å². The van der Waals surface area contributed by atoms with Crippen molar-refractivity contribution in [2.75, 3.05) is 19.8 Å². The average Bonchev–Trinajstić information content (AvgIpc) is 3.43. The molecule has 3 aliphatic heterocycles. The molecule has 204 valence electrons. The third-order valence-electron chi connectivity index (χ3n) is 7.15. The van der Waals surface area contributed by atoms with E-state index in [0.29, 0.717) is 17.0 Å². The predicted molar refractivity (Wildman–Crippen MR) is 140 cm³/mol. The molecule has 2 amide bonds. The number of amides is 2. The second kappa shape index (κ2) is 11.7. The van der Waals surface area contributed by atoms with Gasteiger partial charge in [0.05, 0.1) is 29.8 Å². The number of fused-ring (bicyclic) bond motifs is 1.